The third-order valence-corrected chi connectivity index (χ3v) is 5.56. The molecule has 0 aliphatic carbocycles. The van der Waals surface area contributed by atoms with Crippen molar-refractivity contribution in [2.45, 2.75) is 11.8 Å². The van der Waals surface area contributed by atoms with Gasteiger partial charge in [-0.2, -0.15) is 0 Å². The number of amides is 1. The Kier molecular flexibility index (Phi) is 6.53. The summed E-state index contributed by atoms with van der Waals surface area (Å²) < 4.78 is 0. The smallest absolute Gasteiger partial charge is 0.238 e. The van der Waals surface area contributed by atoms with Crippen LogP contribution in [0.4, 0.5) is 11.4 Å². The number of ketones is 1. The number of hydrogen-bond acceptors (Lipinski definition) is 5. The van der Waals surface area contributed by atoms with Crippen LogP contribution in [-0.4, -0.2) is 55.6 Å². The van der Waals surface area contributed by atoms with Crippen LogP contribution in [0.3, 0.4) is 0 Å². The first-order valence-corrected chi connectivity index (χ1v) is 10.3. The highest BCUT2D eigenvalue weighted by Gasteiger charge is 2.19. The Labute approximate surface area is 164 Å². The topological polar surface area (TPSA) is 52.7 Å². The molecule has 1 N–H and O–H groups in total. The maximum Gasteiger partial charge on any atom is 0.238 e. The molecule has 3 rings (SSSR count). The molecule has 1 saturated heterocycles. The zero-order valence-corrected chi connectivity index (χ0v) is 16.6. The molecule has 0 aromatic heterocycles. The molecule has 2 aromatic carbocycles. The summed E-state index contributed by atoms with van der Waals surface area (Å²) in [4.78, 5) is 29.3. The average molecular weight is 384 g/mol. The third kappa shape index (κ3) is 5.11. The molecule has 6 heteroatoms. The summed E-state index contributed by atoms with van der Waals surface area (Å²) in [6, 6.07) is 15.6. The standard InChI is InChI=1S/C21H25N3O2S/c1-16(25)17-7-9-18(10-8-17)24-13-11-23(12-14-24)15-21(26)22-19-5-3-4-6-20(19)27-2/h3-10H,11-15H2,1-2H3,(H,22,26). The van der Waals surface area contributed by atoms with E-state index in [0.29, 0.717) is 6.54 Å². The highest BCUT2D eigenvalue weighted by Crippen LogP contribution is 2.24. The van der Waals surface area contributed by atoms with Gasteiger partial charge in [-0.05, 0) is 49.6 Å². The fourth-order valence-corrected chi connectivity index (χ4v) is 3.77. The molecule has 0 spiro atoms. The summed E-state index contributed by atoms with van der Waals surface area (Å²) in [7, 11) is 0. The lowest BCUT2D eigenvalue weighted by molar-refractivity contribution is -0.117. The number of carbonyl (C=O) groups excluding carboxylic acids is 2. The number of thioether (sulfide) groups is 1. The van der Waals surface area contributed by atoms with Crippen molar-refractivity contribution >= 4 is 34.8 Å². The van der Waals surface area contributed by atoms with Gasteiger partial charge >= 0.3 is 0 Å². The number of benzene rings is 2. The zero-order valence-electron chi connectivity index (χ0n) is 15.8. The van der Waals surface area contributed by atoms with E-state index >= 15 is 0 Å². The Balaban J connectivity index is 1.50. The number of nitrogens with one attached hydrogen (secondary N) is 1. The van der Waals surface area contributed by atoms with Crippen LogP contribution in [0.5, 0.6) is 0 Å². The van der Waals surface area contributed by atoms with Crippen molar-refractivity contribution in [3.05, 3.63) is 54.1 Å². The van der Waals surface area contributed by atoms with Crippen LogP contribution in [0, 0.1) is 0 Å². The van der Waals surface area contributed by atoms with Crippen molar-refractivity contribution in [1.82, 2.24) is 4.90 Å². The molecule has 0 atom stereocenters. The second-order valence-electron chi connectivity index (χ2n) is 6.61. The number of nitrogens with zero attached hydrogens (tertiary/aromatic N) is 2. The molecule has 142 valence electrons. The largest absolute Gasteiger partial charge is 0.369 e. The number of Topliss-reactive ketones (excluding diaryl/α,β-unsaturated/α-hetero) is 1. The third-order valence-electron chi connectivity index (χ3n) is 4.76. The van der Waals surface area contributed by atoms with Crippen molar-refractivity contribution in [1.29, 1.82) is 0 Å². The van der Waals surface area contributed by atoms with Crippen molar-refractivity contribution in [2.24, 2.45) is 0 Å². The number of para-hydroxylation sites is 1. The van der Waals surface area contributed by atoms with E-state index in [-0.39, 0.29) is 11.7 Å². The highest BCUT2D eigenvalue weighted by molar-refractivity contribution is 7.98. The first kappa shape index (κ1) is 19.5. The second-order valence-corrected chi connectivity index (χ2v) is 7.46. The van der Waals surface area contributed by atoms with Gasteiger partial charge in [-0.1, -0.05) is 12.1 Å². The number of carbonyl (C=O) groups is 2. The van der Waals surface area contributed by atoms with Gasteiger partial charge in [0, 0.05) is 42.3 Å². The van der Waals surface area contributed by atoms with Crippen molar-refractivity contribution in [2.75, 3.05) is 49.2 Å². The highest BCUT2D eigenvalue weighted by atomic mass is 32.2. The van der Waals surface area contributed by atoms with Crippen LogP contribution < -0.4 is 10.2 Å². The minimum atomic E-state index is 0.0239. The number of piperazine rings is 1. The van der Waals surface area contributed by atoms with Gasteiger partial charge in [-0.25, -0.2) is 0 Å². The van der Waals surface area contributed by atoms with Gasteiger partial charge in [0.2, 0.25) is 5.91 Å². The molecule has 0 radical (unpaired) electrons. The summed E-state index contributed by atoms with van der Waals surface area (Å²) in [5.41, 5.74) is 2.73. The fraction of sp³-hybridized carbons (Fsp3) is 0.333. The Bertz CT molecular complexity index is 799. The molecule has 1 aliphatic rings. The molecule has 1 heterocycles. The minimum Gasteiger partial charge on any atom is -0.369 e. The summed E-state index contributed by atoms with van der Waals surface area (Å²) in [6.07, 6.45) is 2.01. The van der Waals surface area contributed by atoms with Crippen molar-refractivity contribution < 1.29 is 9.59 Å². The first-order valence-electron chi connectivity index (χ1n) is 9.08. The van der Waals surface area contributed by atoms with E-state index in [0.717, 1.165) is 48.0 Å². The minimum absolute atomic E-state index is 0.0239. The summed E-state index contributed by atoms with van der Waals surface area (Å²) in [5.74, 6) is 0.108. The summed E-state index contributed by atoms with van der Waals surface area (Å²) in [5, 5.41) is 3.02. The van der Waals surface area contributed by atoms with Crippen LogP contribution in [0.1, 0.15) is 17.3 Å². The van der Waals surface area contributed by atoms with E-state index in [1.54, 1.807) is 18.7 Å². The van der Waals surface area contributed by atoms with Crippen LogP contribution >= 0.6 is 11.8 Å². The molecule has 0 saturated carbocycles. The van der Waals surface area contributed by atoms with Crippen molar-refractivity contribution in [3.63, 3.8) is 0 Å². The predicted molar refractivity (Wildman–Crippen MR) is 112 cm³/mol. The quantitative estimate of drug-likeness (QED) is 0.612. The molecular weight excluding hydrogens is 358 g/mol. The molecule has 1 amide bonds. The van der Waals surface area contributed by atoms with E-state index in [9.17, 15) is 9.59 Å². The SMILES string of the molecule is CSc1ccccc1NC(=O)CN1CCN(c2ccc(C(C)=O)cc2)CC1. The van der Waals surface area contributed by atoms with Crippen LogP contribution in [0.2, 0.25) is 0 Å². The van der Waals surface area contributed by atoms with Gasteiger partial charge in [0.05, 0.1) is 12.2 Å². The Morgan fingerprint density at radius 3 is 2.30 bits per heavy atom. The lowest BCUT2D eigenvalue weighted by Crippen LogP contribution is -2.48. The summed E-state index contributed by atoms with van der Waals surface area (Å²) >= 11 is 1.63. The number of hydrogen-bond donors (Lipinski definition) is 1. The van der Waals surface area contributed by atoms with E-state index in [4.69, 9.17) is 0 Å². The van der Waals surface area contributed by atoms with Crippen LogP contribution in [0.25, 0.3) is 0 Å². The van der Waals surface area contributed by atoms with E-state index in [1.165, 1.54) is 0 Å². The van der Waals surface area contributed by atoms with Gasteiger partial charge < -0.3 is 10.2 Å². The molecule has 5 nitrogen and oxygen atoms in total. The van der Waals surface area contributed by atoms with Gasteiger partial charge in [-0.15, -0.1) is 11.8 Å². The first-order chi connectivity index (χ1) is 13.1. The van der Waals surface area contributed by atoms with Gasteiger partial charge in [0.15, 0.2) is 5.78 Å². The van der Waals surface area contributed by atoms with E-state index in [1.807, 2.05) is 54.8 Å². The lowest BCUT2D eigenvalue weighted by atomic mass is 10.1. The zero-order chi connectivity index (χ0) is 19.2. The molecule has 1 fully saturated rings. The molecule has 2 aromatic rings. The van der Waals surface area contributed by atoms with Gasteiger partial charge in [0.25, 0.3) is 0 Å². The Morgan fingerprint density at radius 1 is 1.00 bits per heavy atom. The Hall–Kier alpha value is -2.31. The van der Waals surface area contributed by atoms with Gasteiger partial charge in [0.1, 0.15) is 0 Å². The van der Waals surface area contributed by atoms with Gasteiger partial charge in [-0.3, -0.25) is 14.5 Å². The normalized spacial score (nSPS) is 14.8. The number of rotatable bonds is 6. The lowest BCUT2D eigenvalue weighted by Gasteiger charge is -2.35. The molecule has 0 unspecified atom stereocenters. The van der Waals surface area contributed by atoms with E-state index < -0.39 is 0 Å². The maximum atomic E-state index is 12.4. The van der Waals surface area contributed by atoms with Crippen LogP contribution in [0.15, 0.2) is 53.4 Å². The van der Waals surface area contributed by atoms with Crippen molar-refractivity contribution in [3.8, 4) is 0 Å². The molecule has 27 heavy (non-hydrogen) atoms. The van der Waals surface area contributed by atoms with E-state index in [2.05, 4.69) is 15.1 Å². The molecular formula is C21H25N3O2S. The fourth-order valence-electron chi connectivity index (χ4n) is 3.21. The molecule has 0 bridgehead atoms. The van der Waals surface area contributed by atoms with Crippen LogP contribution in [-0.2, 0) is 4.79 Å². The Morgan fingerprint density at radius 2 is 1.67 bits per heavy atom. The summed E-state index contributed by atoms with van der Waals surface area (Å²) in [6.45, 7) is 5.40. The average Bonchev–Trinajstić information content (AvgIpc) is 2.69. The monoisotopic (exact) mass is 383 g/mol. The molecule has 1 aliphatic heterocycles. The second kappa shape index (κ2) is 9.06. The number of anilines is 2. The maximum absolute atomic E-state index is 12.4. The predicted octanol–water partition coefficient (Wildman–Crippen LogP) is 3.37.